The first-order valence-electron chi connectivity index (χ1n) is 8.18. The normalized spacial score (nSPS) is 25.1. The number of sulfonamides is 1. The third-order valence-electron chi connectivity index (χ3n) is 4.95. The lowest BCUT2D eigenvalue weighted by Gasteiger charge is -2.34. The van der Waals surface area contributed by atoms with Crippen molar-refractivity contribution in [3.63, 3.8) is 0 Å². The van der Waals surface area contributed by atoms with E-state index in [1.54, 1.807) is 12.1 Å². The van der Waals surface area contributed by atoms with Gasteiger partial charge in [0.05, 0.1) is 4.90 Å². The monoisotopic (exact) mass is 338 g/mol. The predicted molar refractivity (Wildman–Crippen MR) is 90.2 cm³/mol. The van der Waals surface area contributed by atoms with Crippen molar-refractivity contribution in [1.82, 2.24) is 5.32 Å². The quantitative estimate of drug-likeness (QED) is 0.862. The molecule has 3 N–H and O–H groups in total. The molecule has 0 aliphatic heterocycles. The van der Waals surface area contributed by atoms with Crippen LogP contribution in [-0.2, 0) is 21.2 Å². The van der Waals surface area contributed by atoms with E-state index in [4.69, 9.17) is 5.14 Å². The van der Waals surface area contributed by atoms with Crippen LogP contribution in [0.15, 0.2) is 29.2 Å². The van der Waals surface area contributed by atoms with Gasteiger partial charge in [0.15, 0.2) is 0 Å². The van der Waals surface area contributed by atoms with Crippen LogP contribution in [0.3, 0.4) is 0 Å². The smallest absolute Gasteiger partial charge is 0.238 e. The third kappa shape index (κ3) is 5.04. The highest BCUT2D eigenvalue weighted by Crippen LogP contribution is 2.29. The molecule has 1 amide bonds. The van der Waals surface area contributed by atoms with Gasteiger partial charge in [-0.05, 0) is 42.4 Å². The average molecular weight is 338 g/mol. The van der Waals surface area contributed by atoms with Gasteiger partial charge in [0.1, 0.15) is 0 Å². The van der Waals surface area contributed by atoms with E-state index in [0.717, 1.165) is 12.0 Å². The summed E-state index contributed by atoms with van der Waals surface area (Å²) in [5.74, 6) is 1.23. The van der Waals surface area contributed by atoms with Crippen LogP contribution in [0.4, 0.5) is 0 Å². The Hall–Kier alpha value is -1.40. The largest absolute Gasteiger partial charge is 0.353 e. The number of rotatable bonds is 5. The first kappa shape index (κ1) is 17.9. The van der Waals surface area contributed by atoms with E-state index in [9.17, 15) is 13.2 Å². The molecule has 1 aliphatic carbocycles. The summed E-state index contributed by atoms with van der Waals surface area (Å²) in [6.07, 6.45) is 4.47. The van der Waals surface area contributed by atoms with E-state index in [0.29, 0.717) is 24.7 Å². The van der Waals surface area contributed by atoms with Gasteiger partial charge < -0.3 is 5.32 Å². The molecule has 0 heterocycles. The molecule has 0 unspecified atom stereocenters. The van der Waals surface area contributed by atoms with Gasteiger partial charge in [-0.3, -0.25) is 4.79 Å². The number of carbonyl (C=O) groups excluding carboxylic acids is 1. The number of primary sulfonamides is 1. The molecule has 1 fully saturated rings. The van der Waals surface area contributed by atoms with Crippen molar-refractivity contribution in [3.05, 3.63) is 29.8 Å². The number of hydrogen-bond donors (Lipinski definition) is 2. The lowest BCUT2D eigenvalue weighted by molar-refractivity contribution is -0.122. The van der Waals surface area contributed by atoms with Crippen molar-refractivity contribution in [2.24, 2.45) is 17.0 Å². The molecule has 0 radical (unpaired) electrons. The first-order valence-corrected chi connectivity index (χ1v) is 9.73. The number of benzene rings is 1. The summed E-state index contributed by atoms with van der Waals surface area (Å²) in [5, 5.41) is 8.22. The van der Waals surface area contributed by atoms with Gasteiger partial charge in [0.25, 0.3) is 0 Å². The Labute approximate surface area is 138 Å². The summed E-state index contributed by atoms with van der Waals surface area (Å²) in [4.78, 5) is 12.2. The van der Waals surface area contributed by atoms with Crippen molar-refractivity contribution in [2.45, 2.75) is 56.9 Å². The van der Waals surface area contributed by atoms with Gasteiger partial charge in [-0.25, -0.2) is 13.6 Å². The Morgan fingerprint density at radius 1 is 1.22 bits per heavy atom. The Morgan fingerprint density at radius 2 is 1.87 bits per heavy atom. The van der Waals surface area contributed by atoms with Crippen LogP contribution in [0.1, 0.15) is 45.1 Å². The molecule has 6 heteroatoms. The minimum Gasteiger partial charge on any atom is -0.353 e. The Balaban J connectivity index is 1.84. The van der Waals surface area contributed by atoms with Crippen molar-refractivity contribution in [2.75, 3.05) is 0 Å². The molecule has 1 aliphatic rings. The number of nitrogens with two attached hydrogens (primary N) is 1. The zero-order valence-corrected chi connectivity index (χ0v) is 14.6. The first-order chi connectivity index (χ1) is 10.8. The minimum atomic E-state index is -3.66. The molecule has 23 heavy (non-hydrogen) atoms. The lowest BCUT2D eigenvalue weighted by Crippen LogP contribution is -2.43. The molecule has 0 spiro atoms. The molecule has 3 atom stereocenters. The molecule has 0 bridgehead atoms. The van der Waals surface area contributed by atoms with Crippen molar-refractivity contribution < 1.29 is 13.2 Å². The van der Waals surface area contributed by atoms with Crippen LogP contribution in [0.5, 0.6) is 0 Å². The van der Waals surface area contributed by atoms with Crippen LogP contribution >= 0.6 is 0 Å². The fourth-order valence-corrected chi connectivity index (χ4v) is 3.68. The Kier molecular flexibility index (Phi) is 5.81. The van der Waals surface area contributed by atoms with E-state index < -0.39 is 10.0 Å². The third-order valence-corrected chi connectivity index (χ3v) is 5.88. The molecule has 1 aromatic carbocycles. The van der Waals surface area contributed by atoms with E-state index in [-0.39, 0.29) is 16.8 Å². The highest BCUT2D eigenvalue weighted by molar-refractivity contribution is 7.89. The van der Waals surface area contributed by atoms with E-state index in [2.05, 4.69) is 19.2 Å². The molecule has 1 saturated carbocycles. The topological polar surface area (TPSA) is 89.3 Å². The molecular weight excluding hydrogens is 312 g/mol. The van der Waals surface area contributed by atoms with Crippen LogP contribution in [0.25, 0.3) is 0 Å². The molecule has 0 aromatic heterocycles. The maximum Gasteiger partial charge on any atom is 0.238 e. The maximum absolute atomic E-state index is 12.1. The fraction of sp³-hybridized carbons (Fsp3) is 0.588. The van der Waals surface area contributed by atoms with Gasteiger partial charge in [0.2, 0.25) is 15.9 Å². The summed E-state index contributed by atoms with van der Waals surface area (Å²) < 4.78 is 22.4. The Bertz CT molecular complexity index is 640. The van der Waals surface area contributed by atoms with Gasteiger partial charge in [-0.15, -0.1) is 0 Å². The van der Waals surface area contributed by atoms with Crippen LogP contribution in [-0.4, -0.2) is 20.4 Å². The number of hydrogen-bond acceptors (Lipinski definition) is 3. The van der Waals surface area contributed by atoms with E-state index in [1.165, 1.54) is 25.0 Å². The standard InChI is InChI=1S/C17H26N2O3S/c1-12-4-3-5-16(13(12)2)19-17(20)11-8-14-6-9-15(10-7-14)23(18,21)22/h6-7,9-10,12-13,16H,3-5,8,11H2,1-2H3,(H,19,20)(H2,18,21,22)/t12-,13+,16-/m1/s1. The van der Waals surface area contributed by atoms with Crippen molar-refractivity contribution >= 4 is 15.9 Å². The summed E-state index contributed by atoms with van der Waals surface area (Å²) in [6, 6.07) is 6.65. The van der Waals surface area contributed by atoms with Gasteiger partial charge >= 0.3 is 0 Å². The molecule has 1 aromatic rings. The van der Waals surface area contributed by atoms with Gasteiger partial charge in [-0.1, -0.05) is 38.8 Å². The molecule has 2 rings (SSSR count). The second-order valence-electron chi connectivity index (χ2n) is 6.63. The van der Waals surface area contributed by atoms with Gasteiger partial charge in [0, 0.05) is 12.5 Å². The zero-order valence-electron chi connectivity index (χ0n) is 13.8. The minimum absolute atomic E-state index is 0.0615. The van der Waals surface area contributed by atoms with Gasteiger partial charge in [-0.2, -0.15) is 0 Å². The Morgan fingerprint density at radius 3 is 2.48 bits per heavy atom. The highest BCUT2D eigenvalue weighted by atomic mass is 32.2. The summed E-state index contributed by atoms with van der Waals surface area (Å²) in [7, 11) is -3.66. The van der Waals surface area contributed by atoms with E-state index in [1.807, 2.05) is 0 Å². The highest BCUT2D eigenvalue weighted by Gasteiger charge is 2.27. The SMILES string of the molecule is C[C@H]1[C@H](C)CCC[C@H]1NC(=O)CCc1ccc(S(N)(=O)=O)cc1. The fourth-order valence-electron chi connectivity index (χ4n) is 3.17. The van der Waals surface area contributed by atoms with Crippen LogP contribution < -0.4 is 10.5 Å². The second-order valence-corrected chi connectivity index (χ2v) is 8.19. The summed E-state index contributed by atoms with van der Waals surface area (Å²) >= 11 is 0. The zero-order chi connectivity index (χ0) is 17.0. The summed E-state index contributed by atoms with van der Waals surface area (Å²) in [6.45, 7) is 4.46. The molecule has 128 valence electrons. The maximum atomic E-state index is 12.1. The number of carbonyl (C=O) groups is 1. The molecule has 0 saturated heterocycles. The molecule has 5 nitrogen and oxygen atoms in total. The molecular formula is C17H26N2O3S. The van der Waals surface area contributed by atoms with Crippen molar-refractivity contribution in [1.29, 1.82) is 0 Å². The second kappa shape index (κ2) is 7.45. The van der Waals surface area contributed by atoms with Crippen LogP contribution in [0.2, 0.25) is 0 Å². The number of aryl methyl sites for hydroxylation is 1. The predicted octanol–water partition coefficient (Wildman–Crippen LogP) is 2.21. The van der Waals surface area contributed by atoms with E-state index >= 15 is 0 Å². The average Bonchev–Trinajstić information content (AvgIpc) is 2.49. The van der Waals surface area contributed by atoms with Crippen LogP contribution in [0, 0.1) is 11.8 Å². The summed E-state index contributed by atoms with van der Waals surface area (Å²) in [5.41, 5.74) is 0.928. The van der Waals surface area contributed by atoms with Crippen molar-refractivity contribution in [3.8, 4) is 0 Å². The number of nitrogens with one attached hydrogen (secondary N) is 1. The lowest BCUT2D eigenvalue weighted by atomic mass is 9.78. The number of amides is 1.